The van der Waals surface area contributed by atoms with Gasteiger partial charge in [0, 0.05) is 56.9 Å². The van der Waals surface area contributed by atoms with Crippen LogP contribution in [0, 0.1) is 5.92 Å². The van der Waals surface area contributed by atoms with Crippen molar-refractivity contribution in [1.29, 1.82) is 0 Å². The summed E-state index contributed by atoms with van der Waals surface area (Å²) in [6.07, 6.45) is 4.19. The molecule has 11 heteroatoms. The number of hydrogen-bond acceptors (Lipinski definition) is 7. The highest BCUT2D eigenvalue weighted by molar-refractivity contribution is 6.02. The molecule has 0 spiro atoms. The molecule has 3 amide bonds. The predicted octanol–water partition coefficient (Wildman–Crippen LogP) is 3.20. The fourth-order valence-corrected chi connectivity index (χ4v) is 5.81. The topological polar surface area (TPSA) is 120 Å². The molecule has 5 rings (SSSR count). The second kappa shape index (κ2) is 10.1. The molecule has 3 aliphatic rings. The van der Waals surface area contributed by atoms with Crippen molar-refractivity contribution in [3.63, 3.8) is 0 Å². The monoisotopic (exact) mass is 513 g/mol. The number of hydrogen-bond donors (Lipinski definition) is 2. The first-order valence-corrected chi connectivity index (χ1v) is 13.4. The van der Waals surface area contributed by atoms with E-state index >= 15 is 0 Å². The summed E-state index contributed by atoms with van der Waals surface area (Å²) >= 11 is 0. The second-order valence-corrected chi connectivity index (χ2v) is 11.1. The van der Waals surface area contributed by atoms with Crippen molar-refractivity contribution in [2.24, 2.45) is 5.92 Å². The number of carbonyl (C=O) groups is 2. The first-order valence-electron chi connectivity index (χ1n) is 13.4. The van der Waals surface area contributed by atoms with Crippen LogP contribution in [0.25, 0.3) is 0 Å². The standard InChI is InChI=1S/C26H39N7O4/c1-6-21-27-20(15-37-21)24(34)28-23-19-14-33(26(4,5)22(19)29-30-23)25(35)32-12-16(2)31(11-17(32)3)13-18-7-9-36-10-8-18/h15-18H,6-14H2,1-5H3,(H2,28,29,30,34)/t16-,17+/m1/s1. The van der Waals surface area contributed by atoms with Gasteiger partial charge in [-0.15, -0.1) is 0 Å². The van der Waals surface area contributed by atoms with Crippen molar-refractivity contribution in [1.82, 2.24) is 29.9 Å². The summed E-state index contributed by atoms with van der Waals surface area (Å²) < 4.78 is 10.8. The second-order valence-electron chi connectivity index (χ2n) is 11.1. The van der Waals surface area contributed by atoms with Gasteiger partial charge >= 0.3 is 6.03 Å². The van der Waals surface area contributed by atoms with E-state index < -0.39 is 5.54 Å². The van der Waals surface area contributed by atoms with Crippen molar-refractivity contribution >= 4 is 17.8 Å². The lowest BCUT2D eigenvalue weighted by Crippen LogP contribution is -2.62. The van der Waals surface area contributed by atoms with Crippen LogP contribution in [-0.4, -0.2) is 86.8 Å². The number of aryl methyl sites for hydroxylation is 1. The fourth-order valence-electron chi connectivity index (χ4n) is 5.81. The third-order valence-electron chi connectivity index (χ3n) is 8.21. The van der Waals surface area contributed by atoms with Gasteiger partial charge in [-0.2, -0.15) is 5.10 Å². The number of ether oxygens (including phenoxy) is 1. The highest BCUT2D eigenvalue weighted by Gasteiger charge is 2.47. The van der Waals surface area contributed by atoms with Gasteiger partial charge in [0.2, 0.25) is 0 Å². The van der Waals surface area contributed by atoms with Gasteiger partial charge in [-0.3, -0.25) is 14.8 Å². The summed E-state index contributed by atoms with van der Waals surface area (Å²) in [4.78, 5) is 37.2. The van der Waals surface area contributed by atoms with Crippen molar-refractivity contribution < 1.29 is 18.7 Å². The van der Waals surface area contributed by atoms with Gasteiger partial charge < -0.3 is 24.3 Å². The van der Waals surface area contributed by atoms with E-state index in [4.69, 9.17) is 9.15 Å². The first-order chi connectivity index (χ1) is 17.7. The molecule has 0 bridgehead atoms. The number of fused-ring (bicyclic) bond motifs is 1. The first kappa shape index (κ1) is 25.7. The van der Waals surface area contributed by atoms with Gasteiger partial charge in [0.25, 0.3) is 5.91 Å². The SMILES string of the molecule is CCc1nc(C(=O)Nc2n[nH]c3c2CN(C(=O)N2C[C@@H](C)N(CC4CCOCC4)C[C@@H]2C)C3(C)C)co1. The number of piperazine rings is 1. The third kappa shape index (κ3) is 4.86. The maximum absolute atomic E-state index is 13.9. The number of aromatic nitrogens is 3. The minimum absolute atomic E-state index is 0.0148. The number of aromatic amines is 1. The molecule has 0 unspecified atom stereocenters. The number of H-pyrrole nitrogens is 1. The van der Waals surface area contributed by atoms with E-state index in [1.54, 1.807) is 0 Å². The van der Waals surface area contributed by atoms with E-state index in [1.165, 1.54) is 6.26 Å². The van der Waals surface area contributed by atoms with Crippen molar-refractivity contribution in [3.8, 4) is 0 Å². The molecule has 2 saturated heterocycles. The predicted molar refractivity (Wildman–Crippen MR) is 137 cm³/mol. The van der Waals surface area contributed by atoms with Crippen molar-refractivity contribution in [2.75, 3.05) is 38.2 Å². The Morgan fingerprint density at radius 3 is 2.65 bits per heavy atom. The molecule has 2 atom stereocenters. The molecule has 2 aromatic heterocycles. The maximum Gasteiger partial charge on any atom is 0.321 e. The summed E-state index contributed by atoms with van der Waals surface area (Å²) in [5.41, 5.74) is 1.28. The molecular formula is C26H39N7O4. The quantitative estimate of drug-likeness (QED) is 0.630. The van der Waals surface area contributed by atoms with E-state index in [9.17, 15) is 9.59 Å². The molecule has 2 N–H and O–H groups in total. The molecule has 5 heterocycles. The Labute approximate surface area is 217 Å². The van der Waals surface area contributed by atoms with Gasteiger partial charge in [0.1, 0.15) is 6.26 Å². The molecular weight excluding hydrogens is 474 g/mol. The van der Waals surface area contributed by atoms with Gasteiger partial charge in [-0.25, -0.2) is 9.78 Å². The zero-order valence-electron chi connectivity index (χ0n) is 22.5. The van der Waals surface area contributed by atoms with Crippen LogP contribution >= 0.6 is 0 Å². The Morgan fingerprint density at radius 2 is 1.95 bits per heavy atom. The third-order valence-corrected chi connectivity index (χ3v) is 8.21. The Kier molecular flexibility index (Phi) is 7.01. The smallest absolute Gasteiger partial charge is 0.321 e. The molecule has 3 aliphatic heterocycles. The lowest BCUT2D eigenvalue weighted by Gasteiger charge is -2.47. The summed E-state index contributed by atoms with van der Waals surface area (Å²) in [6, 6.07) is 0.412. The Balaban J connectivity index is 1.26. The van der Waals surface area contributed by atoms with Crippen LogP contribution in [0.4, 0.5) is 10.6 Å². The zero-order valence-corrected chi connectivity index (χ0v) is 22.5. The Hall–Kier alpha value is -2.92. The molecule has 202 valence electrons. The van der Waals surface area contributed by atoms with Gasteiger partial charge in [-0.05, 0) is 46.5 Å². The molecule has 0 aliphatic carbocycles. The summed E-state index contributed by atoms with van der Waals surface area (Å²) in [7, 11) is 0. The molecule has 11 nitrogen and oxygen atoms in total. The average molecular weight is 514 g/mol. The fraction of sp³-hybridized carbons (Fsp3) is 0.692. The number of nitrogens with zero attached hydrogens (tertiary/aromatic N) is 5. The lowest BCUT2D eigenvalue weighted by molar-refractivity contribution is 0.00882. The Morgan fingerprint density at radius 1 is 1.19 bits per heavy atom. The van der Waals surface area contributed by atoms with Crippen LogP contribution in [-0.2, 0) is 23.2 Å². The van der Waals surface area contributed by atoms with Gasteiger partial charge in [0.15, 0.2) is 17.4 Å². The van der Waals surface area contributed by atoms with E-state index in [1.807, 2.05) is 30.6 Å². The molecule has 0 radical (unpaired) electrons. The number of nitrogens with one attached hydrogen (secondary N) is 2. The van der Waals surface area contributed by atoms with Crippen molar-refractivity contribution in [3.05, 3.63) is 29.1 Å². The molecule has 0 saturated carbocycles. The minimum atomic E-state index is -0.589. The Bertz CT molecular complexity index is 1140. The van der Waals surface area contributed by atoms with Crippen LogP contribution in [0.5, 0.6) is 0 Å². The number of rotatable bonds is 5. The van der Waals surface area contributed by atoms with Crippen LogP contribution in [0.1, 0.15) is 75.1 Å². The molecule has 2 aromatic rings. The van der Waals surface area contributed by atoms with E-state index in [2.05, 4.69) is 39.2 Å². The minimum Gasteiger partial charge on any atom is -0.448 e. The number of carbonyl (C=O) groups excluding carboxylic acids is 2. The summed E-state index contributed by atoms with van der Waals surface area (Å²) in [5, 5.41) is 10.3. The molecule has 2 fully saturated rings. The molecule has 0 aromatic carbocycles. The largest absolute Gasteiger partial charge is 0.448 e. The van der Waals surface area contributed by atoms with Crippen LogP contribution in [0.2, 0.25) is 0 Å². The van der Waals surface area contributed by atoms with Crippen LogP contribution in [0.3, 0.4) is 0 Å². The maximum atomic E-state index is 13.9. The van der Waals surface area contributed by atoms with Crippen LogP contribution < -0.4 is 5.32 Å². The zero-order chi connectivity index (χ0) is 26.3. The van der Waals surface area contributed by atoms with E-state index in [0.717, 1.165) is 50.4 Å². The van der Waals surface area contributed by atoms with Gasteiger partial charge in [-0.1, -0.05) is 6.92 Å². The number of amides is 3. The average Bonchev–Trinajstić information content (AvgIpc) is 3.58. The normalized spacial score (nSPS) is 24.4. The lowest BCUT2D eigenvalue weighted by atomic mass is 9.97. The highest BCUT2D eigenvalue weighted by Crippen LogP contribution is 2.41. The summed E-state index contributed by atoms with van der Waals surface area (Å²) in [6.45, 7) is 15.0. The van der Waals surface area contributed by atoms with Gasteiger partial charge in [0.05, 0.1) is 17.8 Å². The van der Waals surface area contributed by atoms with Crippen molar-refractivity contribution in [2.45, 2.75) is 78.0 Å². The highest BCUT2D eigenvalue weighted by atomic mass is 16.5. The van der Waals surface area contributed by atoms with E-state index in [-0.39, 0.29) is 23.7 Å². The number of anilines is 1. The molecule has 37 heavy (non-hydrogen) atoms. The summed E-state index contributed by atoms with van der Waals surface area (Å²) in [5.74, 6) is 1.21. The van der Waals surface area contributed by atoms with E-state index in [0.29, 0.717) is 43.2 Å². The number of oxazole rings is 1. The van der Waals surface area contributed by atoms with Crippen LogP contribution in [0.15, 0.2) is 10.7 Å². The number of urea groups is 1.